The van der Waals surface area contributed by atoms with Gasteiger partial charge in [-0.15, -0.1) is 0 Å². The Balaban J connectivity index is 1.65. The van der Waals surface area contributed by atoms with Gasteiger partial charge in [0, 0.05) is 36.1 Å². The Morgan fingerprint density at radius 1 is 1.11 bits per heavy atom. The van der Waals surface area contributed by atoms with Crippen LogP contribution in [0.5, 0.6) is 0 Å². The van der Waals surface area contributed by atoms with Crippen LogP contribution in [0.25, 0.3) is 10.9 Å². The molecule has 0 unspecified atom stereocenters. The van der Waals surface area contributed by atoms with Crippen molar-refractivity contribution in [2.24, 2.45) is 5.92 Å². The minimum atomic E-state index is -0.251. The van der Waals surface area contributed by atoms with E-state index in [2.05, 4.69) is 10.3 Å². The van der Waals surface area contributed by atoms with E-state index in [1.165, 1.54) is 10.0 Å². The molecule has 2 heterocycles. The second kappa shape index (κ2) is 8.46. The minimum Gasteiger partial charge on any atom is -0.358 e. The average Bonchev–Trinajstić information content (AvgIpc) is 3.24. The number of para-hydroxylation sites is 1. The molecule has 1 aliphatic rings. The number of rotatable bonds is 6. The quantitative estimate of drug-likeness (QED) is 0.800. The van der Waals surface area contributed by atoms with Crippen LogP contribution in [-0.2, 0) is 20.8 Å². The summed E-state index contributed by atoms with van der Waals surface area (Å²) in [6.07, 6.45) is 1.36. The van der Waals surface area contributed by atoms with Crippen LogP contribution < -0.4 is 5.32 Å². The lowest BCUT2D eigenvalue weighted by Gasteiger charge is -2.28. The smallest absolute Gasteiger partial charge is 0.260 e. The Kier molecular flexibility index (Phi) is 6.02. The van der Waals surface area contributed by atoms with Gasteiger partial charge in [-0.2, -0.15) is 0 Å². The number of hydrogen-bond donors (Lipinski definition) is 2. The first-order chi connectivity index (χ1) is 13.4. The third-order valence-corrected chi connectivity index (χ3v) is 4.99. The number of aromatic nitrogens is 1. The highest BCUT2D eigenvalue weighted by Gasteiger charge is 2.31. The normalized spacial score (nSPS) is 14.1. The van der Waals surface area contributed by atoms with E-state index >= 15 is 0 Å². The molecule has 0 spiro atoms. The molecule has 0 radical (unpaired) electrons. The van der Waals surface area contributed by atoms with Gasteiger partial charge in [-0.25, -0.2) is 5.01 Å². The highest BCUT2D eigenvalue weighted by Crippen LogP contribution is 2.23. The van der Waals surface area contributed by atoms with E-state index in [1.54, 1.807) is 0 Å². The summed E-state index contributed by atoms with van der Waals surface area (Å²) in [6, 6.07) is 7.90. The largest absolute Gasteiger partial charge is 0.358 e. The number of fused-ring (bicyclic) bond motifs is 1. The first-order valence-corrected chi connectivity index (χ1v) is 9.80. The molecule has 2 aromatic rings. The van der Waals surface area contributed by atoms with Crippen molar-refractivity contribution < 1.29 is 14.4 Å². The summed E-state index contributed by atoms with van der Waals surface area (Å²) in [5.41, 5.74) is 2.93. The summed E-state index contributed by atoms with van der Waals surface area (Å²) in [5, 5.41) is 6.69. The highest BCUT2D eigenvalue weighted by atomic mass is 16.2. The molecule has 1 aromatic carbocycles. The second-order valence-corrected chi connectivity index (χ2v) is 7.71. The minimum absolute atomic E-state index is 0.0819. The SMILES string of the molecule is Cc1[nH]c2ccccc2c1CC(=O)N1CCCN1C(=O)CNC(=O)CC(C)C. The maximum atomic E-state index is 12.9. The van der Waals surface area contributed by atoms with Gasteiger partial charge in [0.25, 0.3) is 5.91 Å². The van der Waals surface area contributed by atoms with Gasteiger partial charge in [0.2, 0.25) is 11.8 Å². The molecular weight excluding hydrogens is 356 g/mol. The molecule has 1 saturated heterocycles. The van der Waals surface area contributed by atoms with E-state index in [9.17, 15) is 14.4 Å². The number of hydrogen-bond acceptors (Lipinski definition) is 3. The molecule has 1 fully saturated rings. The Labute approximate surface area is 165 Å². The third-order valence-electron chi connectivity index (χ3n) is 4.99. The van der Waals surface area contributed by atoms with Crippen LogP contribution in [-0.4, -0.2) is 52.4 Å². The summed E-state index contributed by atoms with van der Waals surface area (Å²) in [6.45, 7) is 6.80. The predicted octanol–water partition coefficient (Wildman–Crippen LogP) is 2.16. The Bertz CT molecular complexity index is 887. The summed E-state index contributed by atoms with van der Waals surface area (Å²) >= 11 is 0. The zero-order valence-electron chi connectivity index (χ0n) is 16.7. The van der Waals surface area contributed by atoms with E-state index in [0.29, 0.717) is 19.5 Å². The van der Waals surface area contributed by atoms with Crippen molar-refractivity contribution in [2.45, 2.75) is 40.0 Å². The number of aromatic amines is 1. The summed E-state index contributed by atoms with van der Waals surface area (Å²) in [4.78, 5) is 40.6. The lowest BCUT2D eigenvalue weighted by Crippen LogP contribution is -2.49. The predicted molar refractivity (Wildman–Crippen MR) is 107 cm³/mol. The monoisotopic (exact) mass is 384 g/mol. The van der Waals surface area contributed by atoms with E-state index in [-0.39, 0.29) is 36.6 Å². The number of nitrogens with zero attached hydrogens (tertiary/aromatic N) is 2. The van der Waals surface area contributed by atoms with Crippen LogP contribution in [0.4, 0.5) is 0 Å². The van der Waals surface area contributed by atoms with Crippen molar-refractivity contribution in [3.05, 3.63) is 35.5 Å². The molecule has 7 nitrogen and oxygen atoms in total. The van der Waals surface area contributed by atoms with E-state index in [0.717, 1.165) is 28.6 Å². The number of hydrazine groups is 1. The molecule has 0 saturated carbocycles. The number of aryl methyl sites for hydroxylation is 1. The molecule has 28 heavy (non-hydrogen) atoms. The van der Waals surface area contributed by atoms with Crippen molar-refractivity contribution in [3.8, 4) is 0 Å². The highest BCUT2D eigenvalue weighted by molar-refractivity contribution is 5.91. The fourth-order valence-electron chi connectivity index (χ4n) is 3.64. The van der Waals surface area contributed by atoms with Crippen LogP contribution >= 0.6 is 0 Å². The summed E-state index contributed by atoms with van der Waals surface area (Å²) in [5.74, 6) is -0.264. The summed E-state index contributed by atoms with van der Waals surface area (Å²) < 4.78 is 0. The standard InChI is InChI=1S/C21H28N4O3/c1-14(2)11-19(26)22-13-21(28)25-10-6-9-24(25)20(27)12-17-15(3)23-18-8-5-4-7-16(17)18/h4-5,7-8,14,23H,6,9-13H2,1-3H3,(H,22,26). The van der Waals surface area contributed by atoms with E-state index in [4.69, 9.17) is 0 Å². The Hall–Kier alpha value is -2.83. The fourth-order valence-corrected chi connectivity index (χ4v) is 3.64. The van der Waals surface area contributed by atoms with Crippen LogP contribution in [0.3, 0.4) is 0 Å². The maximum absolute atomic E-state index is 12.9. The van der Waals surface area contributed by atoms with Crippen LogP contribution in [0, 0.1) is 12.8 Å². The Morgan fingerprint density at radius 2 is 1.79 bits per heavy atom. The van der Waals surface area contributed by atoms with Crippen LogP contribution in [0.1, 0.15) is 37.9 Å². The zero-order chi connectivity index (χ0) is 20.3. The Morgan fingerprint density at radius 3 is 2.50 bits per heavy atom. The lowest BCUT2D eigenvalue weighted by molar-refractivity contribution is -0.157. The molecule has 3 rings (SSSR count). The molecule has 150 valence electrons. The van der Waals surface area contributed by atoms with Crippen LogP contribution in [0.2, 0.25) is 0 Å². The maximum Gasteiger partial charge on any atom is 0.260 e. The average molecular weight is 384 g/mol. The molecule has 7 heteroatoms. The molecule has 2 N–H and O–H groups in total. The molecule has 0 aliphatic carbocycles. The first kappa shape index (κ1) is 19.9. The number of amides is 3. The molecule has 3 amide bonds. The second-order valence-electron chi connectivity index (χ2n) is 7.71. The van der Waals surface area contributed by atoms with E-state index < -0.39 is 0 Å². The fraction of sp³-hybridized carbons (Fsp3) is 0.476. The van der Waals surface area contributed by atoms with Gasteiger partial charge in [-0.05, 0) is 30.9 Å². The van der Waals surface area contributed by atoms with Gasteiger partial charge < -0.3 is 10.3 Å². The molecular formula is C21H28N4O3. The van der Waals surface area contributed by atoms with Crippen molar-refractivity contribution >= 4 is 28.6 Å². The van der Waals surface area contributed by atoms with Crippen molar-refractivity contribution in [1.82, 2.24) is 20.3 Å². The number of H-pyrrole nitrogens is 1. The van der Waals surface area contributed by atoms with Crippen molar-refractivity contribution in [3.63, 3.8) is 0 Å². The molecule has 1 aromatic heterocycles. The molecule has 0 atom stereocenters. The van der Waals surface area contributed by atoms with Gasteiger partial charge in [-0.3, -0.25) is 19.4 Å². The zero-order valence-corrected chi connectivity index (χ0v) is 16.7. The third kappa shape index (κ3) is 4.35. The number of carbonyl (C=O) groups excluding carboxylic acids is 3. The van der Waals surface area contributed by atoms with E-state index in [1.807, 2.05) is 45.0 Å². The first-order valence-electron chi connectivity index (χ1n) is 9.80. The van der Waals surface area contributed by atoms with Gasteiger partial charge in [0.1, 0.15) is 0 Å². The van der Waals surface area contributed by atoms with Gasteiger partial charge in [0.15, 0.2) is 0 Å². The van der Waals surface area contributed by atoms with Crippen molar-refractivity contribution in [1.29, 1.82) is 0 Å². The van der Waals surface area contributed by atoms with Crippen molar-refractivity contribution in [2.75, 3.05) is 19.6 Å². The number of benzene rings is 1. The molecule has 1 aliphatic heterocycles. The van der Waals surface area contributed by atoms with Crippen LogP contribution in [0.15, 0.2) is 24.3 Å². The number of carbonyl (C=O) groups is 3. The number of nitrogens with one attached hydrogen (secondary N) is 2. The molecule has 0 bridgehead atoms. The summed E-state index contributed by atoms with van der Waals surface area (Å²) in [7, 11) is 0. The van der Waals surface area contributed by atoms with Gasteiger partial charge in [-0.1, -0.05) is 32.0 Å². The topological polar surface area (TPSA) is 85.5 Å². The van der Waals surface area contributed by atoms with Gasteiger partial charge >= 0.3 is 0 Å². The lowest BCUT2D eigenvalue weighted by atomic mass is 10.1. The van der Waals surface area contributed by atoms with Gasteiger partial charge in [0.05, 0.1) is 13.0 Å².